The molecule has 0 saturated carbocycles. The number of ether oxygens (including phenoxy) is 1. The van der Waals surface area contributed by atoms with Gasteiger partial charge >= 0.3 is 0 Å². The maximum Gasteiger partial charge on any atom is 0.227 e. The van der Waals surface area contributed by atoms with E-state index in [1.54, 1.807) is 0 Å². The van der Waals surface area contributed by atoms with Crippen LogP contribution in [-0.4, -0.2) is 28.2 Å². The van der Waals surface area contributed by atoms with Crippen molar-refractivity contribution in [1.29, 1.82) is 0 Å². The minimum Gasteiger partial charge on any atom is -0.438 e. The number of hydrogen-bond acceptors (Lipinski definition) is 5. The van der Waals surface area contributed by atoms with Crippen molar-refractivity contribution in [1.82, 2.24) is 9.97 Å². The Balaban J connectivity index is 2.28. The van der Waals surface area contributed by atoms with E-state index >= 15 is 0 Å². The molecule has 2 rings (SSSR count). The molecular weight excluding hydrogens is 254 g/mol. The summed E-state index contributed by atoms with van der Waals surface area (Å²) in [6.07, 6.45) is 2.04. The van der Waals surface area contributed by atoms with E-state index in [0.29, 0.717) is 18.1 Å². The molecule has 5 heteroatoms. The van der Waals surface area contributed by atoms with Crippen molar-refractivity contribution in [2.24, 2.45) is 0 Å². The highest BCUT2D eigenvalue weighted by atomic mass is 16.5. The predicted octanol–water partition coefficient (Wildman–Crippen LogP) is 2.54. The van der Waals surface area contributed by atoms with Crippen LogP contribution >= 0.6 is 0 Å². The maximum atomic E-state index is 9.09. The lowest BCUT2D eigenvalue weighted by Gasteiger charge is -2.13. The predicted molar refractivity (Wildman–Crippen MR) is 78.2 cm³/mol. The van der Waals surface area contributed by atoms with Gasteiger partial charge in [0.15, 0.2) is 0 Å². The summed E-state index contributed by atoms with van der Waals surface area (Å²) < 4.78 is 5.88. The molecule has 1 aromatic heterocycles. The molecule has 0 unspecified atom stereocenters. The first-order valence-corrected chi connectivity index (χ1v) is 6.68. The van der Waals surface area contributed by atoms with Crippen molar-refractivity contribution < 1.29 is 9.84 Å². The topological polar surface area (TPSA) is 67.3 Å². The molecule has 0 radical (unpaired) electrons. The molecule has 1 heterocycles. The third-order valence-electron chi connectivity index (χ3n) is 2.94. The number of nitrogens with zero attached hydrogens (tertiary/aromatic N) is 2. The standard InChI is InChI=1S/C15H19N3O2/c1-3-16-14-11(2)15(18-10-17-14)20-13-7-5-4-6-12(13)8-9-19/h4-7,10,19H,3,8-9H2,1-2H3,(H,16,17,18). The first kappa shape index (κ1) is 14.3. The highest BCUT2D eigenvalue weighted by Gasteiger charge is 2.10. The lowest BCUT2D eigenvalue weighted by Crippen LogP contribution is -2.04. The van der Waals surface area contributed by atoms with Crippen molar-refractivity contribution in [2.45, 2.75) is 20.3 Å². The van der Waals surface area contributed by atoms with Crippen LogP contribution in [0.2, 0.25) is 0 Å². The quantitative estimate of drug-likeness (QED) is 0.846. The minimum atomic E-state index is 0.0891. The second kappa shape index (κ2) is 6.86. The summed E-state index contributed by atoms with van der Waals surface area (Å²) in [5.74, 6) is 2.02. The van der Waals surface area contributed by atoms with Crippen molar-refractivity contribution in [3.8, 4) is 11.6 Å². The Kier molecular flexibility index (Phi) is 4.90. The van der Waals surface area contributed by atoms with Crippen LogP contribution in [0.15, 0.2) is 30.6 Å². The SMILES string of the molecule is CCNc1ncnc(Oc2ccccc2CCO)c1C. The van der Waals surface area contributed by atoms with Crippen molar-refractivity contribution in [3.63, 3.8) is 0 Å². The number of aliphatic hydroxyl groups is 1. The minimum absolute atomic E-state index is 0.0891. The van der Waals surface area contributed by atoms with E-state index in [1.807, 2.05) is 38.1 Å². The summed E-state index contributed by atoms with van der Waals surface area (Å²) in [4.78, 5) is 8.37. The Labute approximate surface area is 118 Å². The molecule has 20 heavy (non-hydrogen) atoms. The fraction of sp³-hybridized carbons (Fsp3) is 0.333. The number of nitrogens with one attached hydrogen (secondary N) is 1. The Hall–Kier alpha value is -2.14. The van der Waals surface area contributed by atoms with Gasteiger partial charge in [0.25, 0.3) is 0 Å². The Morgan fingerprint density at radius 3 is 2.80 bits per heavy atom. The Morgan fingerprint density at radius 2 is 2.05 bits per heavy atom. The second-order valence-corrected chi connectivity index (χ2v) is 4.37. The van der Waals surface area contributed by atoms with Gasteiger partial charge in [0.2, 0.25) is 5.88 Å². The zero-order valence-electron chi connectivity index (χ0n) is 11.8. The Bertz CT molecular complexity index is 573. The number of benzene rings is 1. The largest absolute Gasteiger partial charge is 0.438 e. The lowest BCUT2D eigenvalue weighted by molar-refractivity contribution is 0.297. The third-order valence-corrected chi connectivity index (χ3v) is 2.94. The van der Waals surface area contributed by atoms with E-state index in [4.69, 9.17) is 9.84 Å². The number of rotatable bonds is 6. The van der Waals surface area contributed by atoms with E-state index < -0.39 is 0 Å². The second-order valence-electron chi connectivity index (χ2n) is 4.37. The molecule has 0 spiro atoms. The summed E-state index contributed by atoms with van der Waals surface area (Å²) in [6.45, 7) is 4.81. The highest BCUT2D eigenvalue weighted by Crippen LogP contribution is 2.28. The lowest BCUT2D eigenvalue weighted by atomic mass is 10.1. The molecule has 0 bridgehead atoms. The summed E-state index contributed by atoms with van der Waals surface area (Å²) in [5, 5.41) is 12.3. The van der Waals surface area contributed by atoms with Crippen molar-refractivity contribution in [3.05, 3.63) is 41.7 Å². The molecule has 1 aromatic carbocycles. The van der Waals surface area contributed by atoms with Crippen molar-refractivity contribution in [2.75, 3.05) is 18.5 Å². The van der Waals surface area contributed by atoms with Crippen LogP contribution in [0.3, 0.4) is 0 Å². The van der Waals surface area contributed by atoms with Crippen LogP contribution in [-0.2, 0) is 6.42 Å². The monoisotopic (exact) mass is 273 g/mol. The maximum absolute atomic E-state index is 9.09. The summed E-state index contributed by atoms with van der Waals surface area (Å²) in [7, 11) is 0. The summed E-state index contributed by atoms with van der Waals surface area (Å²) in [6, 6.07) is 7.64. The van der Waals surface area contributed by atoms with Gasteiger partial charge in [-0.3, -0.25) is 0 Å². The zero-order chi connectivity index (χ0) is 14.4. The molecule has 0 amide bonds. The van der Waals surface area contributed by atoms with Gasteiger partial charge in [-0.1, -0.05) is 18.2 Å². The smallest absolute Gasteiger partial charge is 0.227 e. The molecule has 0 aliphatic heterocycles. The number of aliphatic hydroxyl groups excluding tert-OH is 1. The van der Waals surface area contributed by atoms with E-state index in [0.717, 1.165) is 23.5 Å². The van der Waals surface area contributed by atoms with E-state index in [9.17, 15) is 0 Å². The van der Waals surface area contributed by atoms with Gasteiger partial charge in [0.1, 0.15) is 17.9 Å². The van der Waals surface area contributed by atoms with Gasteiger partial charge in [-0.2, -0.15) is 0 Å². The molecule has 0 atom stereocenters. The van der Waals surface area contributed by atoms with Gasteiger partial charge < -0.3 is 15.2 Å². The van der Waals surface area contributed by atoms with Crippen LogP contribution in [0.4, 0.5) is 5.82 Å². The summed E-state index contributed by atoms with van der Waals surface area (Å²) in [5.41, 5.74) is 1.83. The number of para-hydroxylation sites is 1. The van der Waals surface area contributed by atoms with Crippen LogP contribution in [0.1, 0.15) is 18.1 Å². The molecule has 0 fully saturated rings. The molecule has 0 aliphatic carbocycles. The third kappa shape index (κ3) is 3.24. The van der Waals surface area contributed by atoms with Gasteiger partial charge in [-0.05, 0) is 31.9 Å². The van der Waals surface area contributed by atoms with Crippen LogP contribution in [0, 0.1) is 6.92 Å². The van der Waals surface area contributed by atoms with Gasteiger partial charge in [-0.15, -0.1) is 0 Å². The molecule has 2 aromatic rings. The normalized spacial score (nSPS) is 10.3. The van der Waals surface area contributed by atoms with E-state index in [-0.39, 0.29) is 6.61 Å². The molecule has 0 saturated heterocycles. The highest BCUT2D eigenvalue weighted by molar-refractivity contribution is 5.49. The fourth-order valence-corrected chi connectivity index (χ4v) is 1.92. The first-order chi connectivity index (χ1) is 9.76. The number of hydrogen-bond donors (Lipinski definition) is 2. The Morgan fingerprint density at radius 1 is 1.25 bits per heavy atom. The number of aromatic nitrogens is 2. The van der Waals surface area contributed by atoms with Gasteiger partial charge in [-0.25, -0.2) is 9.97 Å². The average molecular weight is 273 g/mol. The van der Waals surface area contributed by atoms with E-state index in [1.165, 1.54) is 6.33 Å². The van der Waals surface area contributed by atoms with E-state index in [2.05, 4.69) is 15.3 Å². The molecule has 0 aliphatic rings. The van der Waals surface area contributed by atoms with Crippen LogP contribution in [0.25, 0.3) is 0 Å². The van der Waals surface area contributed by atoms with Gasteiger partial charge in [0, 0.05) is 13.2 Å². The van der Waals surface area contributed by atoms with Crippen molar-refractivity contribution >= 4 is 5.82 Å². The summed E-state index contributed by atoms with van der Waals surface area (Å²) >= 11 is 0. The van der Waals surface area contributed by atoms with Gasteiger partial charge in [0.05, 0.1) is 5.56 Å². The van der Waals surface area contributed by atoms with Crippen LogP contribution in [0.5, 0.6) is 11.6 Å². The fourth-order valence-electron chi connectivity index (χ4n) is 1.92. The zero-order valence-corrected chi connectivity index (χ0v) is 11.8. The van der Waals surface area contributed by atoms with Crippen LogP contribution < -0.4 is 10.1 Å². The number of anilines is 1. The average Bonchev–Trinajstić information content (AvgIpc) is 2.46. The molecule has 106 valence electrons. The first-order valence-electron chi connectivity index (χ1n) is 6.68. The molecule has 2 N–H and O–H groups in total. The molecule has 5 nitrogen and oxygen atoms in total. The molecular formula is C15H19N3O2.